The van der Waals surface area contributed by atoms with E-state index in [1.807, 2.05) is 48.5 Å². The summed E-state index contributed by atoms with van der Waals surface area (Å²) in [5, 5.41) is 11.3. The van der Waals surface area contributed by atoms with Crippen molar-refractivity contribution in [2.24, 2.45) is 11.8 Å². The van der Waals surface area contributed by atoms with Crippen molar-refractivity contribution in [3.63, 3.8) is 0 Å². The molecule has 3 aromatic carbocycles. The summed E-state index contributed by atoms with van der Waals surface area (Å²) < 4.78 is 34.9. The molecule has 0 aliphatic carbocycles. The number of carbonyl (C=O) groups is 6. The molecule has 4 fully saturated rings. The van der Waals surface area contributed by atoms with E-state index in [1.54, 1.807) is 21.9 Å². The molecule has 0 radical (unpaired) electrons. The number of carbonyl (C=O) groups excluding carboxylic acids is 6. The molecule has 4 N–H and O–H groups in total. The fraction of sp³-hybridized carbons (Fsp3) is 0.510. The first kappa shape index (κ1) is 48.7. The van der Waals surface area contributed by atoms with Crippen molar-refractivity contribution in [2.75, 3.05) is 69.3 Å². The smallest absolute Gasteiger partial charge is 0.407 e. The normalized spacial score (nSPS) is 21.5. The maximum atomic E-state index is 14.3. The van der Waals surface area contributed by atoms with Crippen molar-refractivity contribution in [3.8, 4) is 0 Å². The highest BCUT2D eigenvalue weighted by Crippen LogP contribution is 2.34. The Morgan fingerprint density at radius 3 is 1.60 bits per heavy atom. The lowest BCUT2D eigenvalue weighted by atomic mass is 9.97. The number of ether oxygens (including phenoxy) is 4. The van der Waals surface area contributed by atoms with Gasteiger partial charge in [-0.1, -0.05) is 37.6 Å². The molecule has 0 saturated carbocycles. The van der Waals surface area contributed by atoms with E-state index in [2.05, 4.69) is 33.1 Å². The maximum absolute atomic E-state index is 14.3. The van der Waals surface area contributed by atoms with Crippen molar-refractivity contribution in [3.05, 3.63) is 89.7 Å². The summed E-state index contributed by atoms with van der Waals surface area (Å²) in [6.07, 6.45) is 3.61. The predicted molar refractivity (Wildman–Crippen MR) is 246 cm³/mol. The van der Waals surface area contributed by atoms with Crippen molar-refractivity contribution in [2.45, 2.75) is 95.0 Å². The van der Waals surface area contributed by atoms with Gasteiger partial charge in [0.15, 0.2) is 0 Å². The van der Waals surface area contributed by atoms with Crippen molar-refractivity contribution >= 4 is 52.9 Å². The average Bonchev–Trinajstić information content (AvgIpc) is 4.20. The van der Waals surface area contributed by atoms with Gasteiger partial charge >= 0.3 is 12.2 Å². The number of benzene rings is 3. The van der Waals surface area contributed by atoms with Crippen LogP contribution in [-0.2, 0) is 44.7 Å². The Morgan fingerprint density at radius 2 is 1.16 bits per heavy atom. The summed E-state index contributed by atoms with van der Waals surface area (Å²) in [7, 11) is 2.48. The monoisotopic (exact) mass is 927 g/mol. The second kappa shape index (κ2) is 23.0. The average molecular weight is 928 g/mol. The lowest BCUT2D eigenvalue weighted by Crippen LogP contribution is -2.55. The minimum atomic E-state index is -0.872. The van der Waals surface area contributed by atoms with Gasteiger partial charge in [0.2, 0.25) is 23.6 Å². The van der Waals surface area contributed by atoms with E-state index in [9.17, 15) is 33.2 Å². The van der Waals surface area contributed by atoms with Crippen molar-refractivity contribution in [1.29, 1.82) is 0 Å². The van der Waals surface area contributed by atoms with Gasteiger partial charge in [0.25, 0.3) is 0 Å². The van der Waals surface area contributed by atoms with Crippen LogP contribution in [0.2, 0.25) is 0 Å². The number of nitrogens with one attached hydrogen (secondary N) is 4. The van der Waals surface area contributed by atoms with Gasteiger partial charge in [-0.05, 0) is 105 Å². The number of rotatable bonds is 17. The molecule has 4 aliphatic heterocycles. The Balaban J connectivity index is 1.02. The van der Waals surface area contributed by atoms with Crippen LogP contribution < -0.4 is 26.2 Å². The molecular weight excluding hydrogens is 866 g/mol. The summed E-state index contributed by atoms with van der Waals surface area (Å²) in [5.74, 6) is -2.13. The molecule has 0 bridgehead atoms. The van der Waals surface area contributed by atoms with Crippen LogP contribution in [0, 0.1) is 17.7 Å². The quantitative estimate of drug-likeness (QED) is 0.129. The Kier molecular flexibility index (Phi) is 16.7. The molecule has 7 rings (SSSR count). The molecule has 18 heteroatoms. The van der Waals surface area contributed by atoms with Crippen LogP contribution >= 0.6 is 0 Å². The molecule has 7 atom stereocenters. The fourth-order valence-electron chi connectivity index (χ4n) is 9.65. The van der Waals surface area contributed by atoms with Crippen LogP contribution in [-0.4, -0.2) is 124 Å². The Labute approximate surface area is 390 Å². The van der Waals surface area contributed by atoms with E-state index >= 15 is 0 Å². The van der Waals surface area contributed by atoms with E-state index in [0.717, 1.165) is 29.7 Å². The second-order valence-corrected chi connectivity index (χ2v) is 17.6. The molecule has 0 spiro atoms. The first-order chi connectivity index (χ1) is 32.5. The molecule has 4 aliphatic rings. The highest BCUT2D eigenvalue weighted by Gasteiger charge is 2.43. The lowest BCUT2D eigenvalue weighted by Gasteiger charge is -2.35. The summed E-state index contributed by atoms with van der Waals surface area (Å²) in [5.41, 5.74) is 3.83. The molecule has 4 heterocycles. The van der Waals surface area contributed by atoms with Crippen LogP contribution in [0.1, 0.15) is 75.5 Å². The van der Waals surface area contributed by atoms with Crippen LogP contribution in [0.25, 0.3) is 0 Å². The van der Waals surface area contributed by atoms with E-state index in [1.165, 1.54) is 26.4 Å². The summed E-state index contributed by atoms with van der Waals surface area (Å²) in [6.45, 7) is 4.93. The molecule has 0 unspecified atom stereocenters. The first-order valence-electron chi connectivity index (χ1n) is 23.3. The number of hydrogen-bond acceptors (Lipinski definition) is 11. The van der Waals surface area contributed by atoms with E-state index < -0.39 is 36.4 Å². The van der Waals surface area contributed by atoms with Crippen molar-refractivity contribution in [1.82, 2.24) is 20.4 Å². The minimum absolute atomic E-state index is 0.152. The van der Waals surface area contributed by atoms with E-state index in [0.29, 0.717) is 96.0 Å². The number of methoxy groups -OCH3 is 2. The standard InChI is InChI=1S/C49H62FN7O10/c1-4-7-39(32-12-18-37(19-13-32)52-45(59)41-9-6-25-56(41)47(61)43(54-49(63)65-3)34-23-27-67-30-34)57(38-20-14-35(50)15-21-38)28-31-10-16-36(17-11-31)51-44(58)40-8-5-24-55(40)46(60)42(53-48(62)64-2)33-22-26-66-29-33/h10-21,33-34,39-43H,4-9,22-30H2,1-3H3,(H,51,58)(H,52,59)(H,53,62)(H,54,63)/t33-,34-,39-,40-,41-,42-,43-/m0/s1. The van der Waals surface area contributed by atoms with E-state index in [4.69, 9.17) is 18.9 Å². The predicted octanol–water partition coefficient (Wildman–Crippen LogP) is 5.75. The summed E-state index contributed by atoms with van der Waals surface area (Å²) >= 11 is 0. The maximum Gasteiger partial charge on any atom is 0.407 e. The lowest BCUT2D eigenvalue weighted by molar-refractivity contribution is -0.139. The minimum Gasteiger partial charge on any atom is -0.453 e. The van der Waals surface area contributed by atoms with Gasteiger partial charge in [-0.2, -0.15) is 0 Å². The zero-order valence-corrected chi connectivity index (χ0v) is 38.4. The SMILES string of the molecule is CCC[C@@H](c1ccc(NC(=O)[C@@H]2CCCN2C(=O)[C@@H](NC(=O)OC)[C@H]2CCOC2)cc1)N(Cc1ccc(NC(=O)[C@@H]2CCCN2C(=O)[C@@H](NC(=O)OC)[C@H]2CCOC2)cc1)c1ccc(F)cc1. The van der Waals surface area contributed by atoms with Crippen molar-refractivity contribution < 1.29 is 52.1 Å². The molecule has 3 aromatic rings. The molecule has 4 saturated heterocycles. The number of hydrogen-bond donors (Lipinski definition) is 4. The third-order valence-electron chi connectivity index (χ3n) is 13.2. The van der Waals surface area contributed by atoms with Gasteiger partial charge in [-0.15, -0.1) is 0 Å². The molecule has 0 aromatic heterocycles. The number of halogens is 1. The number of alkyl carbamates (subject to hydrolysis) is 2. The van der Waals surface area contributed by atoms with Crippen LogP contribution in [0.15, 0.2) is 72.8 Å². The first-order valence-corrected chi connectivity index (χ1v) is 23.3. The zero-order valence-electron chi connectivity index (χ0n) is 38.4. The van der Waals surface area contributed by atoms with Gasteiger partial charge in [0, 0.05) is 61.7 Å². The zero-order chi connectivity index (χ0) is 47.5. The van der Waals surface area contributed by atoms with Gasteiger partial charge in [0.05, 0.1) is 33.5 Å². The molecule has 67 heavy (non-hydrogen) atoms. The Bertz CT molecular complexity index is 2180. The number of likely N-dealkylation sites (tertiary alicyclic amines) is 2. The third-order valence-corrected chi connectivity index (χ3v) is 13.2. The van der Waals surface area contributed by atoms with Crippen LogP contribution in [0.4, 0.5) is 31.0 Å². The highest BCUT2D eigenvalue weighted by atomic mass is 19.1. The van der Waals surface area contributed by atoms with E-state index in [-0.39, 0.29) is 47.3 Å². The van der Waals surface area contributed by atoms with Gasteiger partial charge < -0.3 is 54.9 Å². The summed E-state index contributed by atoms with van der Waals surface area (Å²) in [4.78, 5) is 84.8. The van der Waals surface area contributed by atoms with Gasteiger partial charge in [-0.3, -0.25) is 19.2 Å². The Hall–Kier alpha value is -6.27. The Morgan fingerprint density at radius 1 is 0.687 bits per heavy atom. The molecular formula is C49H62FN7O10. The number of amides is 6. The van der Waals surface area contributed by atoms with Gasteiger partial charge in [0.1, 0.15) is 30.0 Å². The number of anilines is 3. The largest absolute Gasteiger partial charge is 0.453 e. The second-order valence-electron chi connectivity index (χ2n) is 17.6. The highest BCUT2D eigenvalue weighted by molar-refractivity contribution is 5.99. The molecule has 360 valence electrons. The van der Waals surface area contributed by atoms with Gasteiger partial charge in [-0.25, -0.2) is 14.0 Å². The third kappa shape index (κ3) is 12.0. The molecule has 17 nitrogen and oxygen atoms in total. The van der Waals surface area contributed by atoms with Crippen LogP contribution in [0.3, 0.4) is 0 Å². The fourth-order valence-corrected chi connectivity index (χ4v) is 9.65. The number of nitrogens with zero attached hydrogens (tertiary/aromatic N) is 3. The molecule has 6 amide bonds. The topological polar surface area (TPSA) is 197 Å². The van der Waals surface area contributed by atoms with Crippen LogP contribution in [0.5, 0.6) is 0 Å². The summed E-state index contributed by atoms with van der Waals surface area (Å²) in [6, 6.07) is 18.1.